The summed E-state index contributed by atoms with van der Waals surface area (Å²) < 4.78 is 37.3. The summed E-state index contributed by atoms with van der Waals surface area (Å²) in [5.41, 5.74) is 2.37. The van der Waals surface area contributed by atoms with Crippen LogP contribution in [0, 0.1) is 5.92 Å². The zero-order valence-corrected chi connectivity index (χ0v) is 18.3. The van der Waals surface area contributed by atoms with E-state index in [4.69, 9.17) is 14.7 Å². The molecule has 3 heterocycles. The van der Waals surface area contributed by atoms with E-state index in [0.29, 0.717) is 25.3 Å². The number of rotatable bonds is 8. The van der Waals surface area contributed by atoms with E-state index in [0.717, 1.165) is 18.0 Å². The number of carbonyl (C=O) groups is 1. The van der Waals surface area contributed by atoms with Gasteiger partial charge in [-0.15, -0.1) is 0 Å². The quantitative estimate of drug-likeness (QED) is 0.443. The molecule has 1 saturated carbocycles. The first kappa shape index (κ1) is 22.4. The van der Waals surface area contributed by atoms with Gasteiger partial charge in [0.15, 0.2) is 4.75 Å². The summed E-state index contributed by atoms with van der Waals surface area (Å²) in [6, 6.07) is 0. The van der Waals surface area contributed by atoms with Crippen molar-refractivity contribution in [3.8, 4) is 5.88 Å². The van der Waals surface area contributed by atoms with Crippen molar-refractivity contribution in [3.63, 3.8) is 0 Å². The first-order chi connectivity index (χ1) is 15.0. The van der Waals surface area contributed by atoms with Crippen molar-refractivity contribution in [2.24, 2.45) is 5.92 Å². The van der Waals surface area contributed by atoms with Crippen LogP contribution in [0.3, 0.4) is 0 Å². The standard InChI is InChI=1S/C20H30N4O6S/c25-19(23-26)20(6-11-29-12-7-20)31(27,28)24-8-3-16(4-9-24)17-13-22-18(14-21-17)30-10-5-15-1-2-15/h13-16,26H,1-12H2,(H,23,25). The molecule has 3 fully saturated rings. The lowest BCUT2D eigenvalue weighted by molar-refractivity contribution is -0.134. The summed E-state index contributed by atoms with van der Waals surface area (Å²) in [5, 5.41) is 9.16. The van der Waals surface area contributed by atoms with E-state index in [1.807, 2.05) is 0 Å². The highest BCUT2D eigenvalue weighted by atomic mass is 32.2. The Kier molecular flexibility index (Phi) is 6.75. The zero-order chi connectivity index (χ0) is 21.9. The van der Waals surface area contributed by atoms with Gasteiger partial charge in [-0.2, -0.15) is 0 Å². The van der Waals surface area contributed by atoms with Crippen molar-refractivity contribution in [1.82, 2.24) is 19.8 Å². The van der Waals surface area contributed by atoms with Crippen LogP contribution >= 0.6 is 0 Å². The first-order valence-electron chi connectivity index (χ1n) is 10.9. The SMILES string of the molecule is O=C(NO)C1(S(=O)(=O)N2CCC(c3cnc(OCCC4CC4)cn3)CC2)CCOCC1. The number of piperidine rings is 1. The minimum absolute atomic E-state index is 0.0232. The number of hydroxylamine groups is 1. The number of ether oxygens (including phenoxy) is 2. The fraction of sp³-hybridized carbons (Fsp3) is 0.750. The van der Waals surface area contributed by atoms with Crippen LogP contribution in [0.4, 0.5) is 0 Å². The van der Waals surface area contributed by atoms with Crippen LogP contribution in [-0.4, -0.2) is 71.5 Å². The zero-order valence-electron chi connectivity index (χ0n) is 17.5. The molecule has 2 aliphatic heterocycles. The van der Waals surface area contributed by atoms with Crippen LogP contribution in [0.15, 0.2) is 12.4 Å². The first-order valence-corrected chi connectivity index (χ1v) is 12.4. The second-order valence-corrected chi connectivity index (χ2v) is 10.8. The Morgan fingerprint density at radius 1 is 1.19 bits per heavy atom. The van der Waals surface area contributed by atoms with E-state index in [1.165, 1.54) is 17.1 Å². The summed E-state index contributed by atoms with van der Waals surface area (Å²) in [6.07, 6.45) is 8.20. The molecule has 1 aliphatic carbocycles. The molecule has 10 nitrogen and oxygen atoms in total. The van der Waals surface area contributed by atoms with Gasteiger partial charge in [0.1, 0.15) is 0 Å². The van der Waals surface area contributed by atoms with Crippen LogP contribution in [0.2, 0.25) is 0 Å². The average molecular weight is 455 g/mol. The van der Waals surface area contributed by atoms with Gasteiger partial charge in [0.05, 0.1) is 24.7 Å². The predicted octanol–water partition coefficient (Wildman–Crippen LogP) is 1.22. The number of carbonyl (C=O) groups excluding carboxylic acids is 1. The van der Waals surface area contributed by atoms with Gasteiger partial charge in [-0.05, 0) is 25.2 Å². The van der Waals surface area contributed by atoms with Crippen LogP contribution in [0.25, 0.3) is 0 Å². The number of hydrogen-bond acceptors (Lipinski definition) is 8. The topological polar surface area (TPSA) is 131 Å². The largest absolute Gasteiger partial charge is 0.477 e. The molecule has 3 aliphatic rings. The van der Waals surface area contributed by atoms with Crippen molar-refractivity contribution in [3.05, 3.63) is 18.1 Å². The molecule has 2 N–H and O–H groups in total. The molecule has 0 bridgehead atoms. The van der Waals surface area contributed by atoms with E-state index in [1.54, 1.807) is 17.9 Å². The lowest BCUT2D eigenvalue weighted by Gasteiger charge is -2.40. The molecule has 1 amide bonds. The summed E-state index contributed by atoms with van der Waals surface area (Å²) in [5.74, 6) is 0.524. The van der Waals surface area contributed by atoms with Crippen LogP contribution < -0.4 is 10.2 Å². The van der Waals surface area contributed by atoms with E-state index in [9.17, 15) is 13.2 Å². The molecule has 0 aromatic carbocycles. The molecular formula is C20H30N4O6S. The smallest absolute Gasteiger partial charge is 0.266 e. The minimum Gasteiger partial charge on any atom is -0.477 e. The van der Waals surface area contributed by atoms with Gasteiger partial charge >= 0.3 is 0 Å². The summed E-state index contributed by atoms with van der Waals surface area (Å²) >= 11 is 0. The maximum atomic E-state index is 13.4. The van der Waals surface area contributed by atoms with Crippen molar-refractivity contribution in [2.75, 3.05) is 32.9 Å². The molecule has 4 rings (SSSR count). The normalized spacial score (nSPS) is 22.7. The number of aromatic nitrogens is 2. The fourth-order valence-electron chi connectivity index (χ4n) is 4.39. The summed E-state index contributed by atoms with van der Waals surface area (Å²) in [6.45, 7) is 1.55. The minimum atomic E-state index is -3.96. The molecule has 2 saturated heterocycles. The number of sulfonamides is 1. The highest BCUT2D eigenvalue weighted by Gasteiger charge is 2.54. The van der Waals surface area contributed by atoms with E-state index in [2.05, 4.69) is 9.97 Å². The van der Waals surface area contributed by atoms with Gasteiger partial charge in [0.2, 0.25) is 15.9 Å². The number of nitrogens with zero attached hydrogens (tertiary/aromatic N) is 3. The molecule has 0 spiro atoms. The Morgan fingerprint density at radius 3 is 2.48 bits per heavy atom. The van der Waals surface area contributed by atoms with Crippen LogP contribution in [0.5, 0.6) is 5.88 Å². The lowest BCUT2D eigenvalue weighted by atomic mass is 9.95. The molecular weight excluding hydrogens is 424 g/mol. The maximum Gasteiger partial charge on any atom is 0.266 e. The summed E-state index contributed by atoms with van der Waals surface area (Å²) in [7, 11) is -3.96. The van der Waals surface area contributed by atoms with Gasteiger partial charge in [0, 0.05) is 45.1 Å². The van der Waals surface area contributed by atoms with Gasteiger partial charge in [-0.3, -0.25) is 15.0 Å². The summed E-state index contributed by atoms with van der Waals surface area (Å²) in [4.78, 5) is 21.2. The number of amides is 1. The maximum absolute atomic E-state index is 13.4. The Bertz CT molecular complexity index is 860. The molecule has 172 valence electrons. The van der Waals surface area contributed by atoms with Crippen molar-refractivity contribution < 1.29 is 27.9 Å². The van der Waals surface area contributed by atoms with Gasteiger partial charge in [0.25, 0.3) is 5.91 Å². The lowest BCUT2D eigenvalue weighted by Crippen LogP contribution is -2.60. The Balaban J connectivity index is 1.36. The molecule has 11 heteroatoms. The molecule has 0 unspecified atom stereocenters. The monoisotopic (exact) mass is 454 g/mol. The van der Waals surface area contributed by atoms with Crippen LogP contribution in [-0.2, 0) is 19.6 Å². The van der Waals surface area contributed by atoms with Crippen molar-refractivity contribution in [2.45, 2.75) is 55.6 Å². The predicted molar refractivity (Wildman–Crippen MR) is 110 cm³/mol. The third-order valence-electron chi connectivity index (χ3n) is 6.64. The highest BCUT2D eigenvalue weighted by molar-refractivity contribution is 7.91. The Morgan fingerprint density at radius 2 is 1.90 bits per heavy atom. The van der Waals surface area contributed by atoms with Crippen molar-refractivity contribution >= 4 is 15.9 Å². The number of nitrogens with one attached hydrogen (secondary N) is 1. The molecule has 0 atom stereocenters. The fourth-order valence-corrected chi connectivity index (χ4v) is 6.54. The number of hydrogen-bond donors (Lipinski definition) is 2. The Labute approximate surface area is 182 Å². The van der Waals surface area contributed by atoms with E-state index < -0.39 is 20.7 Å². The average Bonchev–Trinajstić information content (AvgIpc) is 3.64. The second kappa shape index (κ2) is 9.35. The van der Waals surface area contributed by atoms with Crippen molar-refractivity contribution in [1.29, 1.82) is 0 Å². The van der Waals surface area contributed by atoms with E-state index in [-0.39, 0.29) is 45.1 Å². The second-order valence-electron chi connectivity index (χ2n) is 8.59. The molecule has 1 aromatic rings. The molecule has 0 radical (unpaired) electrons. The van der Waals surface area contributed by atoms with Crippen LogP contribution in [0.1, 0.15) is 56.6 Å². The third kappa shape index (κ3) is 4.69. The third-order valence-corrected chi connectivity index (χ3v) is 9.27. The molecule has 1 aromatic heterocycles. The van der Waals surface area contributed by atoms with Gasteiger partial charge in [-0.1, -0.05) is 12.8 Å². The Hall–Kier alpha value is -1.82. The van der Waals surface area contributed by atoms with Gasteiger partial charge < -0.3 is 9.47 Å². The van der Waals surface area contributed by atoms with Gasteiger partial charge in [-0.25, -0.2) is 23.2 Å². The van der Waals surface area contributed by atoms with E-state index >= 15 is 0 Å². The highest BCUT2D eigenvalue weighted by Crippen LogP contribution is 2.36. The molecule has 31 heavy (non-hydrogen) atoms.